The van der Waals surface area contributed by atoms with Crippen LogP contribution in [0.4, 0.5) is 4.39 Å². The zero-order valence-electron chi connectivity index (χ0n) is 19.7. The van der Waals surface area contributed by atoms with Crippen molar-refractivity contribution in [3.05, 3.63) is 101 Å². The van der Waals surface area contributed by atoms with Crippen molar-refractivity contribution in [1.82, 2.24) is 4.90 Å². The van der Waals surface area contributed by atoms with E-state index >= 15 is 0 Å². The lowest BCUT2D eigenvalue weighted by atomic mass is 10.00. The third-order valence-corrected chi connectivity index (χ3v) is 5.94. The Balaban J connectivity index is 1.40. The topological polar surface area (TPSA) is 54.3 Å². The number of aliphatic hydroxyl groups excluding tert-OH is 1. The molecule has 34 heavy (non-hydrogen) atoms. The Morgan fingerprint density at radius 3 is 2.59 bits per heavy atom. The van der Waals surface area contributed by atoms with Crippen LogP contribution in [0.1, 0.15) is 28.7 Å². The monoisotopic (exact) mass is 462 g/mol. The molecule has 0 unspecified atom stereocenters. The predicted octanol–water partition coefficient (Wildman–Crippen LogP) is 4.88. The maximum Gasteiger partial charge on any atom is 0.145 e. The first-order valence-corrected chi connectivity index (χ1v) is 11.6. The van der Waals surface area contributed by atoms with Gasteiger partial charge in [-0.25, -0.2) is 4.39 Å². The highest BCUT2D eigenvalue weighted by Gasteiger charge is 2.26. The number of oxime groups is 1. The molecule has 3 aromatic rings. The Kier molecular flexibility index (Phi) is 7.93. The van der Waals surface area contributed by atoms with E-state index in [-0.39, 0.29) is 18.5 Å². The van der Waals surface area contributed by atoms with Crippen LogP contribution in [0, 0.1) is 19.7 Å². The Bertz CT molecular complexity index is 1130. The Morgan fingerprint density at radius 2 is 1.82 bits per heavy atom. The summed E-state index contributed by atoms with van der Waals surface area (Å²) in [6.45, 7) is 5.60. The zero-order chi connectivity index (χ0) is 23.9. The van der Waals surface area contributed by atoms with E-state index in [1.54, 1.807) is 6.07 Å². The average molecular weight is 463 g/mol. The highest BCUT2D eigenvalue weighted by molar-refractivity contribution is 6.02. The van der Waals surface area contributed by atoms with Gasteiger partial charge in [-0.2, -0.15) is 0 Å². The van der Waals surface area contributed by atoms with Gasteiger partial charge in [-0.1, -0.05) is 59.8 Å². The van der Waals surface area contributed by atoms with Crippen molar-refractivity contribution >= 4 is 5.71 Å². The molecule has 3 aromatic carbocycles. The lowest BCUT2D eigenvalue weighted by Crippen LogP contribution is -2.39. The van der Waals surface area contributed by atoms with Crippen molar-refractivity contribution in [3.8, 4) is 5.75 Å². The number of ether oxygens (including phenoxy) is 1. The normalized spacial score (nSPS) is 16.3. The van der Waals surface area contributed by atoms with Gasteiger partial charge in [-0.3, -0.25) is 4.90 Å². The lowest BCUT2D eigenvalue weighted by molar-refractivity contribution is 0.0212. The summed E-state index contributed by atoms with van der Waals surface area (Å²) in [5.41, 5.74) is 5.04. The summed E-state index contributed by atoms with van der Waals surface area (Å²) in [7, 11) is 0. The molecule has 0 bridgehead atoms. The Hall–Kier alpha value is -3.22. The van der Waals surface area contributed by atoms with Gasteiger partial charge in [0.15, 0.2) is 0 Å². The average Bonchev–Trinajstić information content (AvgIpc) is 3.27. The quantitative estimate of drug-likeness (QED) is 0.467. The van der Waals surface area contributed by atoms with E-state index in [4.69, 9.17) is 9.57 Å². The minimum absolute atomic E-state index is 0.146. The molecule has 0 spiro atoms. The highest BCUT2D eigenvalue weighted by atomic mass is 19.1. The molecule has 2 atom stereocenters. The number of benzene rings is 3. The van der Waals surface area contributed by atoms with Gasteiger partial charge in [-0.15, -0.1) is 0 Å². The lowest BCUT2D eigenvalue weighted by Gasteiger charge is -2.27. The summed E-state index contributed by atoms with van der Waals surface area (Å²) in [5.74, 6) is 0.483. The second-order valence-corrected chi connectivity index (χ2v) is 8.84. The Labute approximate surface area is 200 Å². The third kappa shape index (κ3) is 6.43. The van der Waals surface area contributed by atoms with Crippen LogP contribution in [0.5, 0.6) is 5.75 Å². The second-order valence-electron chi connectivity index (χ2n) is 8.84. The molecule has 0 aromatic heterocycles. The van der Waals surface area contributed by atoms with Crippen LogP contribution in [0.25, 0.3) is 0 Å². The van der Waals surface area contributed by atoms with E-state index in [0.717, 1.165) is 33.7 Å². The standard InChI is InChI=1S/C28H31FN2O3/c1-20-8-3-5-12-26(20)27-15-25(34-30-27)18-31(16-22-10-7-11-23(29)14-22)17-24(32)19-33-28-13-6-4-9-21(28)2/h3-14,24-25,32H,15-19H2,1-2H3/t24-,25+/m1/s1. The van der Waals surface area contributed by atoms with Crippen LogP contribution in [0.15, 0.2) is 78.0 Å². The van der Waals surface area contributed by atoms with Gasteiger partial charge in [0, 0.05) is 31.6 Å². The molecule has 0 fully saturated rings. The van der Waals surface area contributed by atoms with Gasteiger partial charge in [0.2, 0.25) is 0 Å². The van der Waals surface area contributed by atoms with Crippen LogP contribution in [0.2, 0.25) is 0 Å². The molecule has 1 aliphatic rings. The Morgan fingerprint density at radius 1 is 1.06 bits per heavy atom. The molecular formula is C28H31FN2O3. The van der Waals surface area contributed by atoms with Gasteiger partial charge >= 0.3 is 0 Å². The summed E-state index contributed by atoms with van der Waals surface area (Å²) >= 11 is 0. The van der Waals surface area contributed by atoms with Gasteiger partial charge in [-0.05, 0) is 48.7 Å². The van der Waals surface area contributed by atoms with E-state index in [1.807, 2.05) is 49.4 Å². The summed E-state index contributed by atoms with van der Waals surface area (Å²) in [6, 6.07) is 22.4. The van der Waals surface area contributed by atoms with Gasteiger partial charge < -0.3 is 14.7 Å². The molecule has 1 aliphatic heterocycles. The molecule has 0 saturated heterocycles. The number of aryl methyl sites for hydroxylation is 2. The molecular weight excluding hydrogens is 431 g/mol. The second kappa shape index (κ2) is 11.3. The minimum atomic E-state index is -0.716. The van der Waals surface area contributed by atoms with E-state index in [1.165, 1.54) is 12.1 Å². The summed E-state index contributed by atoms with van der Waals surface area (Å²) in [5, 5.41) is 15.1. The molecule has 1 heterocycles. The fraction of sp³-hybridized carbons (Fsp3) is 0.321. The van der Waals surface area contributed by atoms with Gasteiger partial charge in [0.25, 0.3) is 0 Å². The predicted molar refractivity (Wildman–Crippen MR) is 132 cm³/mol. The number of para-hydroxylation sites is 1. The molecule has 0 amide bonds. The van der Waals surface area contributed by atoms with E-state index < -0.39 is 6.10 Å². The van der Waals surface area contributed by atoms with Crippen molar-refractivity contribution < 1.29 is 19.1 Å². The van der Waals surface area contributed by atoms with Crippen LogP contribution in [0.3, 0.4) is 0 Å². The van der Waals surface area contributed by atoms with Crippen LogP contribution < -0.4 is 4.74 Å². The molecule has 1 N–H and O–H groups in total. The molecule has 6 heteroatoms. The van der Waals surface area contributed by atoms with Crippen LogP contribution in [-0.2, 0) is 11.4 Å². The van der Waals surface area contributed by atoms with Crippen molar-refractivity contribution in [2.75, 3.05) is 19.7 Å². The summed E-state index contributed by atoms with van der Waals surface area (Å²) in [6.07, 6.45) is -0.181. The van der Waals surface area contributed by atoms with E-state index in [0.29, 0.717) is 26.1 Å². The van der Waals surface area contributed by atoms with E-state index in [2.05, 4.69) is 29.1 Å². The highest BCUT2D eigenvalue weighted by Crippen LogP contribution is 2.21. The van der Waals surface area contributed by atoms with Crippen molar-refractivity contribution in [2.45, 2.75) is 39.0 Å². The SMILES string of the molecule is Cc1ccccc1OC[C@H](O)CN(Cc1cccc(F)c1)C[C@@H]1CC(c2ccccc2C)=NO1. The minimum Gasteiger partial charge on any atom is -0.491 e. The van der Waals surface area contributed by atoms with E-state index in [9.17, 15) is 9.50 Å². The van der Waals surface area contributed by atoms with Gasteiger partial charge in [0.05, 0.1) is 5.71 Å². The number of hydrogen-bond donors (Lipinski definition) is 1. The first-order chi connectivity index (χ1) is 16.5. The largest absolute Gasteiger partial charge is 0.491 e. The molecule has 178 valence electrons. The fourth-order valence-corrected chi connectivity index (χ4v) is 4.22. The number of aliphatic hydroxyl groups is 1. The number of nitrogens with zero attached hydrogens (tertiary/aromatic N) is 2. The number of rotatable bonds is 10. The number of halogens is 1. The summed E-state index contributed by atoms with van der Waals surface area (Å²) < 4.78 is 19.6. The van der Waals surface area contributed by atoms with Crippen LogP contribution in [-0.4, -0.2) is 47.6 Å². The molecule has 0 aliphatic carbocycles. The van der Waals surface area contributed by atoms with Crippen LogP contribution >= 0.6 is 0 Å². The number of hydrogen-bond acceptors (Lipinski definition) is 5. The first kappa shape index (κ1) is 23.9. The molecule has 0 radical (unpaired) electrons. The fourth-order valence-electron chi connectivity index (χ4n) is 4.22. The third-order valence-electron chi connectivity index (χ3n) is 5.94. The van der Waals surface area contributed by atoms with Crippen molar-refractivity contribution in [3.63, 3.8) is 0 Å². The zero-order valence-corrected chi connectivity index (χ0v) is 19.7. The van der Waals surface area contributed by atoms with Gasteiger partial charge in [0.1, 0.15) is 30.4 Å². The van der Waals surface area contributed by atoms with Crippen molar-refractivity contribution in [2.24, 2.45) is 5.16 Å². The maximum absolute atomic E-state index is 13.8. The summed E-state index contributed by atoms with van der Waals surface area (Å²) in [4.78, 5) is 7.82. The maximum atomic E-state index is 13.8. The smallest absolute Gasteiger partial charge is 0.145 e. The molecule has 4 rings (SSSR count). The molecule has 5 nitrogen and oxygen atoms in total. The molecule has 0 saturated carbocycles. The first-order valence-electron chi connectivity index (χ1n) is 11.6. The van der Waals surface area contributed by atoms with Crippen molar-refractivity contribution in [1.29, 1.82) is 0 Å².